The quantitative estimate of drug-likeness (QED) is 0.315. The molecule has 178 valence electrons. The third-order valence-electron chi connectivity index (χ3n) is 6.18. The predicted molar refractivity (Wildman–Crippen MR) is 129 cm³/mol. The number of carbonyl (C=O) groups excluding carboxylic acids is 1. The SMILES string of the molecule is O=C(Cc1c(-c2ccccc2)c2cc3c(cc2oc1=O)CCC3)Nc1ccc(Cl)cc1C(F)(F)F. The van der Waals surface area contributed by atoms with Crippen LogP contribution in [0.5, 0.6) is 0 Å². The highest BCUT2D eigenvalue weighted by Gasteiger charge is 2.34. The lowest BCUT2D eigenvalue weighted by Crippen LogP contribution is -2.22. The summed E-state index contributed by atoms with van der Waals surface area (Å²) >= 11 is 5.73. The molecule has 0 bridgehead atoms. The van der Waals surface area contributed by atoms with Crippen molar-refractivity contribution in [2.24, 2.45) is 0 Å². The second kappa shape index (κ2) is 8.89. The van der Waals surface area contributed by atoms with Crippen molar-refractivity contribution in [2.75, 3.05) is 5.32 Å². The second-order valence-electron chi connectivity index (χ2n) is 8.49. The standard InChI is InChI=1S/C27H19ClF3NO3/c28-18-9-10-22(21(13-18)27(29,30)31)32-24(33)14-20-25(15-5-2-1-3-6-15)19-11-16-7-4-8-17(16)12-23(19)35-26(20)34/h1-3,5-6,9-13H,4,7-8,14H2,(H,32,33). The van der Waals surface area contributed by atoms with Crippen LogP contribution >= 0.6 is 11.6 Å². The Morgan fingerprint density at radius 3 is 2.43 bits per heavy atom. The van der Waals surface area contributed by atoms with E-state index in [0.29, 0.717) is 22.1 Å². The largest absolute Gasteiger partial charge is 0.422 e. The number of anilines is 1. The first-order valence-electron chi connectivity index (χ1n) is 11.0. The number of hydrogen-bond donors (Lipinski definition) is 1. The molecule has 0 saturated carbocycles. The normalized spacial score (nSPS) is 13.1. The lowest BCUT2D eigenvalue weighted by atomic mass is 9.93. The van der Waals surface area contributed by atoms with Gasteiger partial charge in [0.1, 0.15) is 5.58 Å². The molecule has 1 aromatic heterocycles. The van der Waals surface area contributed by atoms with Gasteiger partial charge in [0, 0.05) is 16.0 Å². The van der Waals surface area contributed by atoms with Gasteiger partial charge in [-0.1, -0.05) is 41.9 Å². The summed E-state index contributed by atoms with van der Waals surface area (Å²) in [5.74, 6) is -0.775. The molecule has 0 aliphatic heterocycles. The van der Waals surface area contributed by atoms with E-state index in [0.717, 1.165) is 42.5 Å². The molecule has 8 heteroatoms. The fourth-order valence-electron chi connectivity index (χ4n) is 4.62. The van der Waals surface area contributed by atoms with Gasteiger partial charge in [0.2, 0.25) is 5.91 Å². The number of aryl methyl sites for hydroxylation is 2. The summed E-state index contributed by atoms with van der Waals surface area (Å²) in [5, 5.41) is 2.88. The Balaban J connectivity index is 1.60. The molecular formula is C27H19ClF3NO3. The van der Waals surface area contributed by atoms with Crippen molar-refractivity contribution in [1.29, 1.82) is 0 Å². The first-order valence-corrected chi connectivity index (χ1v) is 11.4. The maximum atomic E-state index is 13.5. The van der Waals surface area contributed by atoms with E-state index in [1.165, 1.54) is 6.07 Å². The number of fused-ring (bicyclic) bond motifs is 2. The highest BCUT2D eigenvalue weighted by Crippen LogP contribution is 2.37. The summed E-state index contributed by atoms with van der Waals surface area (Å²) in [4.78, 5) is 26.0. The van der Waals surface area contributed by atoms with Gasteiger partial charge < -0.3 is 9.73 Å². The van der Waals surface area contributed by atoms with Gasteiger partial charge >= 0.3 is 11.8 Å². The first kappa shape index (κ1) is 23.2. The zero-order valence-corrected chi connectivity index (χ0v) is 19.1. The number of carbonyl (C=O) groups is 1. The minimum Gasteiger partial charge on any atom is -0.422 e. The first-order chi connectivity index (χ1) is 16.7. The van der Waals surface area contributed by atoms with Gasteiger partial charge in [0.15, 0.2) is 0 Å². The Kier molecular flexibility index (Phi) is 5.89. The van der Waals surface area contributed by atoms with Gasteiger partial charge in [0.05, 0.1) is 23.2 Å². The Bertz CT molecular complexity index is 1510. The molecule has 35 heavy (non-hydrogen) atoms. The summed E-state index contributed by atoms with van der Waals surface area (Å²) in [5.41, 5.74) is 1.87. The fraction of sp³-hybridized carbons (Fsp3) is 0.185. The van der Waals surface area contributed by atoms with E-state index in [1.807, 2.05) is 42.5 Å². The molecular weight excluding hydrogens is 479 g/mol. The molecule has 0 saturated heterocycles. The summed E-state index contributed by atoms with van der Waals surface area (Å²) in [6.07, 6.45) is -2.35. The average molecular weight is 498 g/mol. The van der Waals surface area contributed by atoms with Crippen LogP contribution in [0.4, 0.5) is 18.9 Å². The molecule has 0 unspecified atom stereocenters. The van der Waals surface area contributed by atoms with Crippen LogP contribution in [-0.4, -0.2) is 5.91 Å². The van der Waals surface area contributed by atoms with Crippen molar-refractivity contribution in [1.82, 2.24) is 0 Å². The number of nitrogens with one attached hydrogen (secondary N) is 1. The fourth-order valence-corrected chi connectivity index (χ4v) is 4.79. The van der Waals surface area contributed by atoms with Crippen LogP contribution in [0.3, 0.4) is 0 Å². The van der Waals surface area contributed by atoms with Crippen LogP contribution in [0.2, 0.25) is 5.02 Å². The highest BCUT2D eigenvalue weighted by molar-refractivity contribution is 6.30. The Hall–Kier alpha value is -3.58. The van der Waals surface area contributed by atoms with Crippen molar-refractivity contribution >= 4 is 34.2 Å². The van der Waals surface area contributed by atoms with E-state index in [4.69, 9.17) is 16.0 Å². The smallest absolute Gasteiger partial charge is 0.418 e. The molecule has 1 N–H and O–H groups in total. The van der Waals surface area contributed by atoms with Crippen LogP contribution in [-0.2, 0) is 30.2 Å². The highest BCUT2D eigenvalue weighted by atomic mass is 35.5. The second-order valence-corrected chi connectivity index (χ2v) is 8.93. The zero-order chi connectivity index (χ0) is 24.7. The maximum Gasteiger partial charge on any atom is 0.418 e. The van der Waals surface area contributed by atoms with E-state index in [-0.39, 0.29) is 10.6 Å². The summed E-state index contributed by atoms with van der Waals surface area (Å²) < 4.78 is 46.0. The van der Waals surface area contributed by atoms with Gasteiger partial charge in [-0.15, -0.1) is 0 Å². The minimum atomic E-state index is -4.72. The number of hydrogen-bond acceptors (Lipinski definition) is 3. The Morgan fingerprint density at radius 1 is 1.00 bits per heavy atom. The summed E-state index contributed by atoms with van der Waals surface area (Å²) in [6, 6.07) is 16.1. The van der Waals surface area contributed by atoms with E-state index in [2.05, 4.69) is 5.32 Å². The molecule has 1 aliphatic carbocycles. The predicted octanol–water partition coefficient (Wildman–Crippen LogP) is 6.80. The van der Waals surface area contributed by atoms with E-state index in [1.54, 1.807) is 0 Å². The van der Waals surface area contributed by atoms with E-state index >= 15 is 0 Å². The number of amides is 1. The van der Waals surface area contributed by atoms with Gasteiger partial charge in [-0.05, 0) is 66.3 Å². The number of benzene rings is 3. The molecule has 0 radical (unpaired) electrons. The topological polar surface area (TPSA) is 59.3 Å². The van der Waals surface area contributed by atoms with Crippen molar-refractivity contribution in [2.45, 2.75) is 31.9 Å². The molecule has 4 nitrogen and oxygen atoms in total. The van der Waals surface area contributed by atoms with Crippen LogP contribution in [0, 0.1) is 0 Å². The summed E-state index contributed by atoms with van der Waals surface area (Å²) in [6.45, 7) is 0. The average Bonchev–Trinajstić information content (AvgIpc) is 3.26. The van der Waals surface area contributed by atoms with Crippen LogP contribution in [0.1, 0.15) is 28.7 Å². The molecule has 4 aromatic rings. The third kappa shape index (κ3) is 4.56. The van der Waals surface area contributed by atoms with Crippen molar-refractivity contribution < 1.29 is 22.4 Å². The monoisotopic (exact) mass is 497 g/mol. The molecule has 3 aromatic carbocycles. The van der Waals surface area contributed by atoms with Gasteiger partial charge in [-0.25, -0.2) is 4.79 Å². The van der Waals surface area contributed by atoms with Crippen molar-refractivity contribution in [3.05, 3.63) is 98.4 Å². The Morgan fingerprint density at radius 2 is 1.71 bits per heavy atom. The Labute approximate surface area is 203 Å². The van der Waals surface area contributed by atoms with E-state index < -0.39 is 35.4 Å². The van der Waals surface area contributed by atoms with Crippen molar-refractivity contribution in [3.63, 3.8) is 0 Å². The summed E-state index contributed by atoms with van der Waals surface area (Å²) in [7, 11) is 0. The van der Waals surface area contributed by atoms with Crippen LogP contribution in [0.15, 0.2) is 69.9 Å². The van der Waals surface area contributed by atoms with Gasteiger partial charge in [-0.2, -0.15) is 13.2 Å². The van der Waals surface area contributed by atoms with Gasteiger partial charge in [-0.3, -0.25) is 4.79 Å². The number of rotatable bonds is 4. The lowest BCUT2D eigenvalue weighted by Gasteiger charge is -2.16. The number of halogens is 4. The van der Waals surface area contributed by atoms with Crippen LogP contribution in [0.25, 0.3) is 22.1 Å². The molecule has 1 heterocycles. The molecule has 5 rings (SSSR count). The molecule has 0 fully saturated rings. The molecule has 0 atom stereocenters. The maximum absolute atomic E-state index is 13.5. The van der Waals surface area contributed by atoms with Gasteiger partial charge in [0.25, 0.3) is 0 Å². The minimum absolute atomic E-state index is 0.0849. The number of alkyl halides is 3. The van der Waals surface area contributed by atoms with Crippen LogP contribution < -0.4 is 10.9 Å². The lowest BCUT2D eigenvalue weighted by molar-refractivity contribution is -0.137. The third-order valence-corrected chi connectivity index (χ3v) is 6.41. The zero-order valence-electron chi connectivity index (χ0n) is 18.3. The molecule has 1 aliphatic rings. The van der Waals surface area contributed by atoms with Crippen molar-refractivity contribution in [3.8, 4) is 11.1 Å². The molecule has 0 spiro atoms. The van der Waals surface area contributed by atoms with E-state index in [9.17, 15) is 22.8 Å². The molecule has 1 amide bonds.